The summed E-state index contributed by atoms with van der Waals surface area (Å²) in [6.45, 7) is -0.762. The van der Waals surface area contributed by atoms with Crippen molar-refractivity contribution in [3.05, 3.63) is 106 Å². The van der Waals surface area contributed by atoms with Crippen molar-refractivity contribution < 1.29 is 40.3 Å². The number of alkyl halides is 6. The molecule has 0 radical (unpaired) electrons. The molecule has 5 rings (SSSR count). The van der Waals surface area contributed by atoms with Crippen molar-refractivity contribution in [3.8, 4) is 16.9 Å². The fourth-order valence-corrected chi connectivity index (χ4v) is 4.33. The number of hydrogen-bond acceptors (Lipinski definition) is 4. The molecular weight excluding hydrogens is 540 g/mol. The normalized spacial score (nSPS) is 12.1. The first-order chi connectivity index (χ1) is 18.9. The molecule has 1 heterocycles. The van der Waals surface area contributed by atoms with Crippen LogP contribution in [0.4, 0.5) is 32.0 Å². The lowest BCUT2D eigenvalue weighted by molar-refractivity contribution is -0.152. The molecule has 1 N–H and O–H groups in total. The van der Waals surface area contributed by atoms with Crippen LogP contribution < -0.4 is 15.5 Å². The maximum Gasteiger partial charge on any atom is 0.450 e. The van der Waals surface area contributed by atoms with Crippen LogP contribution in [0.2, 0.25) is 0 Å². The summed E-state index contributed by atoms with van der Waals surface area (Å²) in [4.78, 5) is 25.6. The summed E-state index contributed by atoms with van der Waals surface area (Å²) in [6.07, 6.45) is -9.73. The van der Waals surface area contributed by atoms with Gasteiger partial charge >= 0.3 is 12.4 Å². The molecule has 204 valence electrons. The van der Waals surface area contributed by atoms with Crippen LogP contribution in [0.5, 0.6) is 5.75 Å². The zero-order valence-corrected chi connectivity index (χ0v) is 20.2. The van der Waals surface area contributed by atoms with Crippen LogP contribution in [0.15, 0.2) is 94.1 Å². The maximum absolute atomic E-state index is 14.1. The number of anilines is 1. The molecule has 1 aromatic heterocycles. The van der Waals surface area contributed by atoms with E-state index in [4.69, 9.17) is 9.15 Å². The van der Waals surface area contributed by atoms with Crippen LogP contribution in [0, 0.1) is 0 Å². The molecule has 5 aromatic rings. The number of carbonyl (C=O) groups excluding carboxylic acids is 1. The van der Waals surface area contributed by atoms with E-state index >= 15 is 0 Å². The Balaban J connectivity index is 1.48. The maximum atomic E-state index is 14.1. The van der Waals surface area contributed by atoms with Gasteiger partial charge in [0.25, 0.3) is 5.91 Å². The van der Waals surface area contributed by atoms with E-state index in [1.165, 1.54) is 36.4 Å². The zero-order chi connectivity index (χ0) is 28.7. The number of carbonyl (C=O) groups is 1. The van der Waals surface area contributed by atoms with Gasteiger partial charge in [-0.25, -0.2) is 0 Å². The fraction of sp³-hybridized carbons (Fsp3) is 0.103. The van der Waals surface area contributed by atoms with E-state index in [2.05, 4.69) is 5.32 Å². The number of nitrogens with one attached hydrogen (secondary N) is 1. The largest absolute Gasteiger partial charge is 0.484 e. The van der Waals surface area contributed by atoms with Gasteiger partial charge in [0.05, 0.1) is 22.2 Å². The first-order valence-electron chi connectivity index (χ1n) is 11.7. The number of rotatable bonds is 5. The average molecular weight is 557 g/mol. The van der Waals surface area contributed by atoms with Gasteiger partial charge in [0.15, 0.2) is 6.61 Å². The van der Waals surface area contributed by atoms with Crippen molar-refractivity contribution in [1.29, 1.82) is 0 Å². The van der Waals surface area contributed by atoms with Crippen LogP contribution in [-0.4, -0.2) is 12.5 Å². The highest BCUT2D eigenvalue weighted by Crippen LogP contribution is 2.40. The molecule has 40 heavy (non-hydrogen) atoms. The molecule has 0 atom stereocenters. The van der Waals surface area contributed by atoms with Crippen molar-refractivity contribution in [2.45, 2.75) is 12.4 Å². The zero-order valence-electron chi connectivity index (χ0n) is 20.2. The standard InChI is InChI=1S/C29H17F6NO4/c30-28(31,32)21-10-3-4-11-22(21)36-24(37)15-39-17-12-13-20-23(14-17)40-27(29(33,34)35)25(26(20)38)19-9-5-7-16-6-1-2-8-18(16)19/h1-14H,15H2,(H,36,37). The van der Waals surface area contributed by atoms with Crippen LogP contribution in [-0.2, 0) is 17.1 Å². The second-order valence-electron chi connectivity index (χ2n) is 8.70. The van der Waals surface area contributed by atoms with E-state index in [1.807, 2.05) is 0 Å². The lowest BCUT2D eigenvalue weighted by atomic mass is 9.96. The Labute approximate surface area is 221 Å². The molecule has 5 nitrogen and oxygen atoms in total. The molecule has 0 fully saturated rings. The highest BCUT2D eigenvalue weighted by Gasteiger charge is 2.40. The Hall–Kier alpha value is -4.80. The first-order valence-corrected chi connectivity index (χ1v) is 11.7. The van der Waals surface area contributed by atoms with Crippen LogP contribution in [0.3, 0.4) is 0 Å². The van der Waals surface area contributed by atoms with Gasteiger partial charge < -0.3 is 14.5 Å². The summed E-state index contributed by atoms with van der Waals surface area (Å²) in [5, 5.41) is 3.00. The molecule has 0 unspecified atom stereocenters. The molecule has 0 saturated carbocycles. The van der Waals surface area contributed by atoms with E-state index in [0.29, 0.717) is 10.8 Å². The molecule has 0 aliphatic carbocycles. The smallest absolute Gasteiger partial charge is 0.450 e. The van der Waals surface area contributed by atoms with Crippen molar-refractivity contribution in [2.24, 2.45) is 0 Å². The lowest BCUT2D eigenvalue weighted by Crippen LogP contribution is -2.22. The number of hydrogen-bond donors (Lipinski definition) is 1. The van der Waals surface area contributed by atoms with Crippen molar-refractivity contribution in [2.75, 3.05) is 11.9 Å². The monoisotopic (exact) mass is 557 g/mol. The molecular formula is C29H17F6NO4. The molecule has 0 aliphatic heterocycles. The predicted molar refractivity (Wildman–Crippen MR) is 136 cm³/mol. The summed E-state index contributed by atoms with van der Waals surface area (Å²) >= 11 is 0. The second kappa shape index (κ2) is 10.1. The summed E-state index contributed by atoms with van der Waals surface area (Å²) in [7, 11) is 0. The highest BCUT2D eigenvalue weighted by molar-refractivity contribution is 5.99. The molecule has 11 heteroatoms. The fourth-order valence-electron chi connectivity index (χ4n) is 4.33. The van der Waals surface area contributed by atoms with Gasteiger partial charge in [0, 0.05) is 6.07 Å². The van der Waals surface area contributed by atoms with Gasteiger partial charge in [0.1, 0.15) is 11.3 Å². The molecule has 0 saturated heterocycles. The summed E-state index contributed by atoms with van der Waals surface area (Å²) in [5.41, 5.74) is -3.49. The number of ether oxygens (including phenoxy) is 1. The minimum atomic E-state index is -5.03. The van der Waals surface area contributed by atoms with Gasteiger partial charge in [-0.15, -0.1) is 0 Å². The number of fused-ring (bicyclic) bond motifs is 2. The summed E-state index contributed by atoms with van der Waals surface area (Å²) in [6, 6.07) is 19.1. The summed E-state index contributed by atoms with van der Waals surface area (Å²) in [5.74, 6) is -2.58. The Morgan fingerprint density at radius 1 is 0.800 bits per heavy atom. The highest BCUT2D eigenvalue weighted by atomic mass is 19.4. The Morgan fingerprint density at radius 2 is 1.50 bits per heavy atom. The van der Waals surface area contributed by atoms with Crippen molar-refractivity contribution >= 4 is 33.3 Å². The predicted octanol–water partition coefficient (Wildman–Crippen LogP) is 7.67. The average Bonchev–Trinajstić information content (AvgIpc) is 2.91. The third kappa shape index (κ3) is 5.22. The van der Waals surface area contributed by atoms with E-state index in [-0.39, 0.29) is 16.7 Å². The van der Waals surface area contributed by atoms with Crippen molar-refractivity contribution in [1.82, 2.24) is 0 Å². The SMILES string of the molecule is O=C(COc1ccc2c(=O)c(-c3cccc4ccccc34)c(C(F)(F)F)oc2c1)Nc1ccccc1C(F)(F)F. The first kappa shape index (κ1) is 26.8. The van der Waals surface area contributed by atoms with Gasteiger partial charge in [-0.05, 0) is 40.6 Å². The number of halogens is 6. The van der Waals surface area contributed by atoms with Crippen LogP contribution >= 0.6 is 0 Å². The third-order valence-corrected chi connectivity index (χ3v) is 6.06. The molecule has 4 aromatic carbocycles. The van der Waals surface area contributed by atoms with E-state index in [1.54, 1.807) is 30.3 Å². The van der Waals surface area contributed by atoms with Crippen LogP contribution in [0.25, 0.3) is 32.9 Å². The molecule has 0 aliphatic rings. The number of amides is 1. The molecule has 0 bridgehead atoms. The number of para-hydroxylation sites is 1. The van der Waals surface area contributed by atoms with E-state index in [0.717, 1.165) is 18.2 Å². The molecule has 1 amide bonds. The van der Waals surface area contributed by atoms with E-state index < -0.39 is 58.5 Å². The van der Waals surface area contributed by atoms with Crippen LogP contribution in [0.1, 0.15) is 11.3 Å². The lowest BCUT2D eigenvalue weighted by Gasteiger charge is -2.15. The minimum absolute atomic E-state index is 0.0530. The quantitative estimate of drug-likeness (QED) is 0.225. The van der Waals surface area contributed by atoms with Gasteiger partial charge in [-0.2, -0.15) is 26.3 Å². The number of benzene rings is 4. The third-order valence-electron chi connectivity index (χ3n) is 6.06. The second-order valence-corrected chi connectivity index (χ2v) is 8.70. The van der Waals surface area contributed by atoms with Gasteiger partial charge in [0.2, 0.25) is 11.2 Å². The summed E-state index contributed by atoms with van der Waals surface area (Å²) < 4.78 is 92.3. The van der Waals surface area contributed by atoms with E-state index in [9.17, 15) is 35.9 Å². The topological polar surface area (TPSA) is 68.5 Å². The Morgan fingerprint density at radius 3 is 2.25 bits per heavy atom. The Kier molecular flexibility index (Phi) is 6.74. The van der Waals surface area contributed by atoms with Gasteiger partial charge in [-0.3, -0.25) is 9.59 Å². The Bertz CT molecular complexity index is 1800. The van der Waals surface area contributed by atoms with Crippen molar-refractivity contribution in [3.63, 3.8) is 0 Å². The van der Waals surface area contributed by atoms with Gasteiger partial charge in [-0.1, -0.05) is 54.6 Å². The molecule has 0 spiro atoms. The minimum Gasteiger partial charge on any atom is -0.484 e.